The maximum atomic E-state index is 5.69. The normalized spacial score (nSPS) is 12.4. The van der Waals surface area contributed by atoms with Gasteiger partial charge in [0, 0.05) is 0 Å². The average molecular weight is 302 g/mol. The second-order valence-electron chi connectivity index (χ2n) is 4.11. The molecule has 0 aliphatic rings. The van der Waals surface area contributed by atoms with Gasteiger partial charge in [0.15, 0.2) is 0 Å². The first-order valence-corrected chi connectivity index (χ1v) is 6.87. The van der Waals surface area contributed by atoms with E-state index >= 15 is 0 Å². The van der Waals surface area contributed by atoms with Crippen LogP contribution >= 0.6 is 15.9 Å². The summed E-state index contributed by atoms with van der Waals surface area (Å²) in [5.74, 6) is 1.36. The smallest absolute Gasteiger partial charge is 0.232 e. The number of nitrogens with two attached hydrogens (primary N) is 1. The summed E-state index contributed by atoms with van der Waals surface area (Å²) in [6.07, 6.45) is 6.41. The van der Waals surface area contributed by atoms with Crippen LogP contribution in [0.15, 0.2) is 10.7 Å². The molecule has 1 unspecified atom stereocenters. The van der Waals surface area contributed by atoms with Crippen molar-refractivity contribution >= 4 is 21.9 Å². The molecule has 0 aromatic carbocycles. The number of aromatic nitrogens is 2. The van der Waals surface area contributed by atoms with Gasteiger partial charge in [-0.2, -0.15) is 4.98 Å². The molecule has 2 N–H and O–H groups in total. The highest BCUT2D eigenvalue weighted by atomic mass is 79.9. The third kappa shape index (κ3) is 4.89. The highest BCUT2D eigenvalue weighted by Gasteiger charge is 2.10. The molecule has 0 bridgehead atoms. The fourth-order valence-corrected chi connectivity index (χ4v) is 1.87. The quantitative estimate of drug-likeness (QED) is 0.838. The summed E-state index contributed by atoms with van der Waals surface area (Å²) in [7, 11) is 0. The van der Waals surface area contributed by atoms with Crippen molar-refractivity contribution in [2.75, 3.05) is 12.3 Å². The molecule has 1 aromatic heterocycles. The van der Waals surface area contributed by atoms with Gasteiger partial charge in [0.05, 0.1) is 17.3 Å². The van der Waals surface area contributed by atoms with Crippen molar-refractivity contribution in [3.05, 3.63) is 10.7 Å². The molecule has 0 radical (unpaired) electrons. The molecule has 96 valence electrons. The summed E-state index contributed by atoms with van der Waals surface area (Å²) < 4.78 is 6.44. The van der Waals surface area contributed by atoms with Crippen molar-refractivity contribution in [1.29, 1.82) is 0 Å². The fourth-order valence-electron chi connectivity index (χ4n) is 1.56. The molecular formula is C12H20BrN3O. The Morgan fingerprint density at radius 2 is 2.24 bits per heavy atom. The number of halogens is 1. The van der Waals surface area contributed by atoms with Crippen molar-refractivity contribution in [2.24, 2.45) is 5.92 Å². The maximum absolute atomic E-state index is 5.69. The van der Waals surface area contributed by atoms with Crippen LogP contribution in [0.3, 0.4) is 0 Å². The molecule has 1 aromatic rings. The molecule has 0 saturated heterocycles. The summed E-state index contributed by atoms with van der Waals surface area (Å²) in [6, 6.07) is 0. The van der Waals surface area contributed by atoms with Crippen molar-refractivity contribution in [3.63, 3.8) is 0 Å². The average Bonchev–Trinajstić information content (AvgIpc) is 2.33. The number of ether oxygens (including phenoxy) is 1. The molecule has 1 rings (SSSR count). The van der Waals surface area contributed by atoms with E-state index in [0.717, 1.165) is 10.9 Å². The van der Waals surface area contributed by atoms with Crippen LogP contribution in [0.5, 0.6) is 5.88 Å². The number of nitrogen functional groups attached to an aromatic ring is 1. The van der Waals surface area contributed by atoms with Gasteiger partial charge in [0.25, 0.3) is 0 Å². The highest BCUT2D eigenvalue weighted by Crippen LogP contribution is 2.23. The Morgan fingerprint density at radius 3 is 2.88 bits per heavy atom. The molecule has 5 heteroatoms. The second kappa shape index (κ2) is 7.48. The van der Waals surface area contributed by atoms with Crippen LogP contribution in [0.1, 0.15) is 39.5 Å². The van der Waals surface area contributed by atoms with Gasteiger partial charge in [0.1, 0.15) is 0 Å². The van der Waals surface area contributed by atoms with Crippen LogP contribution in [0.4, 0.5) is 5.95 Å². The number of nitrogens with zero attached hydrogens (tertiary/aromatic N) is 2. The van der Waals surface area contributed by atoms with Gasteiger partial charge in [-0.25, -0.2) is 4.98 Å². The molecule has 1 heterocycles. The molecule has 0 spiro atoms. The molecule has 0 amide bonds. The zero-order chi connectivity index (χ0) is 12.7. The summed E-state index contributed by atoms with van der Waals surface area (Å²) >= 11 is 3.35. The monoisotopic (exact) mass is 301 g/mol. The van der Waals surface area contributed by atoms with Crippen molar-refractivity contribution in [3.8, 4) is 5.88 Å². The minimum absolute atomic E-state index is 0.241. The van der Waals surface area contributed by atoms with Gasteiger partial charge in [-0.1, -0.05) is 33.1 Å². The van der Waals surface area contributed by atoms with Gasteiger partial charge in [-0.05, 0) is 28.3 Å². The van der Waals surface area contributed by atoms with E-state index in [2.05, 4.69) is 39.7 Å². The molecule has 0 aliphatic heterocycles. The molecule has 1 atom stereocenters. The Balaban J connectivity index is 2.50. The van der Waals surface area contributed by atoms with Gasteiger partial charge in [-0.3, -0.25) is 0 Å². The zero-order valence-corrected chi connectivity index (χ0v) is 12.0. The lowest BCUT2D eigenvalue weighted by Crippen LogP contribution is -2.12. The van der Waals surface area contributed by atoms with E-state index in [1.165, 1.54) is 19.3 Å². The summed E-state index contributed by atoms with van der Waals surface area (Å²) in [4.78, 5) is 7.93. The van der Waals surface area contributed by atoms with Crippen molar-refractivity contribution < 1.29 is 4.74 Å². The van der Waals surface area contributed by atoms with Gasteiger partial charge < -0.3 is 10.5 Å². The topological polar surface area (TPSA) is 61.0 Å². The summed E-state index contributed by atoms with van der Waals surface area (Å²) in [5, 5.41) is 0. The molecule has 0 fully saturated rings. The third-order valence-corrected chi connectivity index (χ3v) is 3.27. The lowest BCUT2D eigenvalue weighted by molar-refractivity contribution is 0.224. The van der Waals surface area contributed by atoms with Crippen LogP contribution < -0.4 is 10.5 Å². The summed E-state index contributed by atoms with van der Waals surface area (Å²) in [6.45, 7) is 5.08. The van der Waals surface area contributed by atoms with E-state index in [-0.39, 0.29) is 5.95 Å². The largest absolute Gasteiger partial charge is 0.476 e. The number of unbranched alkanes of at least 4 members (excludes halogenated alkanes) is 1. The van der Waals surface area contributed by atoms with Gasteiger partial charge in [0.2, 0.25) is 11.8 Å². The lowest BCUT2D eigenvalue weighted by atomic mass is 10.0. The first kappa shape index (κ1) is 14.2. The SMILES string of the molecule is CCCCC(CC)COc1nc(N)ncc1Br. The maximum Gasteiger partial charge on any atom is 0.232 e. The molecule has 0 aliphatic carbocycles. The van der Waals surface area contributed by atoms with Crippen LogP contribution in [-0.4, -0.2) is 16.6 Å². The number of hydrogen-bond donors (Lipinski definition) is 1. The molecule has 4 nitrogen and oxygen atoms in total. The predicted molar refractivity (Wildman–Crippen MR) is 72.9 cm³/mol. The Bertz CT molecular complexity index is 347. The number of rotatable bonds is 7. The highest BCUT2D eigenvalue weighted by molar-refractivity contribution is 9.10. The first-order chi connectivity index (χ1) is 8.17. The standard InChI is InChI=1S/C12H20BrN3O/c1-3-5-6-9(4-2)8-17-11-10(13)7-15-12(14)16-11/h7,9H,3-6,8H2,1-2H3,(H2,14,15,16). The van der Waals surface area contributed by atoms with E-state index in [1.54, 1.807) is 6.20 Å². The van der Waals surface area contributed by atoms with E-state index < -0.39 is 0 Å². The third-order valence-electron chi connectivity index (χ3n) is 2.73. The Hall–Kier alpha value is -0.840. The minimum Gasteiger partial charge on any atom is -0.476 e. The predicted octanol–water partition coefficient (Wildman–Crippen LogP) is 3.42. The lowest BCUT2D eigenvalue weighted by Gasteiger charge is -2.15. The van der Waals surface area contributed by atoms with Crippen molar-refractivity contribution in [2.45, 2.75) is 39.5 Å². The second-order valence-corrected chi connectivity index (χ2v) is 4.96. The Labute approximate surface area is 111 Å². The fraction of sp³-hybridized carbons (Fsp3) is 0.667. The van der Waals surface area contributed by atoms with Crippen molar-refractivity contribution in [1.82, 2.24) is 9.97 Å². The van der Waals surface area contributed by atoms with Crippen LogP contribution in [0.2, 0.25) is 0 Å². The zero-order valence-electron chi connectivity index (χ0n) is 10.4. The van der Waals surface area contributed by atoms with Crippen LogP contribution in [-0.2, 0) is 0 Å². The van der Waals surface area contributed by atoms with Gasteiger partial charge >= 0.3 is 0 Å². The Kier molecular flexibility index (Phi) is 6.26. The Morgan fingerprint density at radius 1 is 1.47 bits per heavy atom. The number of anilines is 1. The van der Waals surface area contributed by atoms with Crippen LogP contribution in [0.25, 0.3) is 0 Å². The first-order valence-electron chi connectivity index (χ1n) is 6.08. The molecule has 0 saturated carbocycles. The van der Waals surface area contributed by atoms with E-state index in [0.29, 0.717) is 18.4 Å². The minimum atomic E-state index is 0.241. The number of hydrogen-bond acceptors (Lipinski definition) is 4. The van der Waals surface area contributed by atoms with E-state index in [1.807, 2.05) is 0 Å². The summed E-state index contributed by atoms with van der Waals surface area (Å²) in [5.41, 5.74) is 5.52. The van der Waals surface area contributed by atoms with Crippen LogP contribution in [0, 0.1) is 5.92 Å². The molecule has 17 heavy (non-hydrogen) atoms. The molecular weight excluding hydrogens is 282 g/mol. The van der Waals surface area contributed by atoms with E-state index in [9.17, 15) is 0 Å². The van der Waals surface area contributed by atoms with E-state index in [4.69, 9.17) is 10.5 Å². The van der Waals surface area contributed by atoms with Gasteiger partial charge in [-0.15, -0.1) is 0 Å².